The lowest BCUT2D eigenvalue weighted by molar-refractivity contribution is 0.0981. The minimum atomic E-state index is 0.437. The van der Waals surface area contributed by atoms with Crippen LogP contribution in [0.25, 0.3) is 0 Å². The van der Waals surface area contributed by atoms with Gasteiger partial charge in [-0.15, -0.1) is 0 Å². The van der Waals surface area contributed by atoms with Gasteiger partial charge < -0.3 is 14.8 Å². The molecule has 0 bridgehead atoms. The summed E-state index contributed by atoms with van der Waals surface area (Å²) in [4.78, 5) is 0. The minimum Gasteiger partial charge on any atom is -0.492 e. The van der Waals surface area contributed by atoms with Gasteiger partial charge in [0.2, 0.25) is 0 Å². The average Bonchev–Trinajstić information content (AvgIpc) is 2.90. The molecule has 1 aromatic carbocycles. The molecule has 0 spiro atoms. The number of rotatable bonds is 7. The molecule has 0 aliphatic carbocycles. The first-order valence-corrected chi connectivity index (χ1v) is 7.35. The summed E-state index contributed by atoms with van der Waals surface area (Å²) < 4.78 is 11.5. The fourth-order valence-electron chi connectivity index (χ4n) is 2.40. The van der Waals surface area contributed by atoms with Crippen LogP contribution in [0.2, 0.25) is 5.02 Å². The van der Waals surface area contributed by atoms with Gasteiger partial charge in [0.05, 0.1) is 17.7 Å². The van der Waals surface area contributed by atoms with Crippen LogP contribution < -0.4 is 10.1 Å². The fraction of sp³-hybridized carbons (Fsp3) is 0.600. The Labute approximate surface area is 120 Å². The van der Waals surface area contributed by atoms with E-state index in [1.54, 1.807) is 0 Å². The van der Waals surface area contributed by atoms with Crippen molar-refractivity contribution in [3.8, 4) is 5.75 Å². The predicted molar refractivity (Wildman–Crippen MR) is 77.9 cm³/mol. The number of nitrogens with one attached hydrogen (secondary N) is 1. The van der Waals surface area contributed by atoms with E-state index in [4.69, 9.17) is 21.1 Å². The topological polar surface area (TPSA) is 30.5 Å². The summed E-state index contributed by atoms with van der Waals surface area (Å²) in [6.07, 6.45) is 4.91. The Hall–Kier alpha value is -0.770. The van der Waals surface area contributed by atoms with Crippen molar-refractivity contribution in [1.29, 1.82) is 0 Å². The summed E-state index contributed by atoms with van der Waals surface area (Å²) in [5.41, 5.74) is 1.10. The molecule has 1 saturated heterocycles. The third kappa shape index (κ3) is 4.37. The Morgan fingerprint density at radius 1 is 1.47 bits per heavy atom. The summed E-state index contributed by atoms with van der Waals surface area (Å²) in [5, 5.41) is 3.81. The minimum absolute atomic E-state index is 0.437. The fourth-order valence-corrected chi connectivity index (χ4v) is 2.65. The summed E-state index contributed by atoms with van der Waals surface area (Å²) in [6, 6.07) is 5.86. The van der Waals surface area contributed by atoms with E-state index in [1.807, 2.05) is 25.2 Å². The molecule has 1 aliphatic rings. The van der Waals surface area contributed by atoms with E-state index in [0.717, 1.165) is 37.3 Å². The lowest BCUT2D eigenvalue weighted by atomic mass is 10.1. The van der Waals surface area contributed by atoms with Crippen molar-refractivity contribution in [3.05, 3.63) is 28.8 Å². The molecule has 1 fully saturated rings. The van der Waals surface area contributed by atoms with Gasteiger partial charge in [-0.2, -0.15) is 0 Å². The Balaban J connectivity index is 1.80. The highest BCUT2D eigenvalue weighted by Crippen LogP contribution is 2.29. The number of benzene rings is 1. The van der Waals surface area contributed by atoms with E-state index in [1.165, 1.54) is 12.8 Å². The van der Waals surface area contributed by atoms with E-state index < -0.39 is 0 Å². The van der Waals surface area contributed by atoms with Crippen molar-refractivity contribution in [2.75, 3.05) is 20.3 Å². The van der Waals surface area contributed by atoms with Gasteiger partial charge >= 0.3 is 0 Å². The highest BCUT2D eigenvalue weighted by Gasteiger charge is 2.15. The second-order valence-corrected chi connectivity index (χ2v) is 5.29. The van der Waals surface area contributed by atoms with E-state index in [9.17, 15) is 0 Å². The van der Waals surface area contributed by atoms with E-state index in [2.05, 4.69) is 5.32 Å². The highest BCUT2D eigenvalue weighted by atomic mass is 35.5. The largest absolute Gasteiger partial charge is 0.492 e. The Bertz CT molecular complexity index is 392. The number of hydrogen-bond donors (Lipinski definition) is 1. The average molecular weight is 284 g/mol. The normalized spacial score (nSPS) is 18.7. The third-order valence-electron chi connectivity index (χ3n) is 3.36. The third-order valence-corrected chi connectivity index (χ3v) is 3.65. The molecular weight excluding hydrogens is 262 g/mol. The van der Waals surface area contributed by atoms with Gasteiger partial charge in [0.25, 0.3) is 0 Å². The standard InChI is InChI=1S/C15H22ClNO2/c1-17-11-12-5-2-8-14(16)15(12)19-10-4-7-13-6-3-9-18-13/h2,5,8,13,17H,3-4,6-7,9-11H2,1H3. The molecule has 1 atom stereocenters. The van der Waals surface area contributed by atoms with Crippen LogP contribution in [0, 0.1) is 0 Å². The van der Waals surface area contributed by atoms with Gasteiger partial charge in [-0.1, -0.05) is 23.7 Å². The smallest absolute Gasteiger partial charge is 0.142 e. The summed E-state index contributed by atoms with van der Waals surface area (Å²) in [5.74, 6) is 0.811. The number of ether oxygens (including phenoxy) is 2. The molecule has 19 heavy (non-hydrogen) atoms. The van der Waals surface area contributed by atoms with Gasteiger partial charge in [0.1, 0.15) is 5.75 Å². The second-order valence-electron chi connectivity index (χ2n) is 4.88. The summed E-state index contributed by atoms with van der Waals surface area (Å²) in [6.45, 7) is 2.38. The molecule has 1 unspecified atom stereocenters. The zero-order valence-electron chi connectivity index (χ0n) is 11.5. The monoisotopic (exact) mass is 283 g/mol. The summed E-state index contributed by atoms with van der Waals surface area (Å²) >= 11 is 6.19. The van der Waals surface area contributed by atoms with Gasteiger partial charge in [-0.25, -0.2) is 0 Å². The molecule has 106 valence electrons. The molecule has 1 heterocycles. The van der Waals surface area contributed by atoms with Crippen molar-refractivity contribution in [3.63, 3.8) is 0 Å². The molecule has 1 aliphatic heterocycles. The molecule has 1 N–H and O–H groups in total. The number of hydrogen-bond acceptors (Lipinski definition) is 3. The van der Waals surface area contributed by atoms with Gasteiger partial charge in [0.15, 0.2) is 0 Å². The zero-order chi connectivity index (χ0) is 13.5. The molecule has 4 heteroatoms. The van der Waals surface area contributed by atoms with Crippen LogP contribution in [-0.2, 0) is 11.3 Å². The van der Waals surface area contributed by atoms with Crippen LogP contribution in [0.4, 0.5) is 0 Å². The molecule has 3 nitrogen and oxygen atoms in total. The van der Waals surface area contributed by atoms with Crippen LogP contribution in [0.3, 0.4) is 0 Å². The lowest BCUT2D eigenvalue weighted by Crippen LogP contribution is -2.10. The first-order chi connectivity index (χ1) is 9.31. The van der Waals surface area contributed by atoms with Crippen molar-refractivity contribution >= 4 is 11.6 Å². The van der Waals surface area contributed by atoms with Crippen molar-refractivity contribution in [2.45, 2.75) is 38.3 Å². The van der Waals surface area contributed by atoms with Crippen LogP contribution >= 0.6 is 11.6 Å². The Morgan fingerprint density at radius 3 is 3.11 bits per heavy atom. The van der Waals surface area contributed by atoms with E-state index in [-0.39, 0.29) is 0 Å². The van der Waals surface area contributed by atoms with Gasteiger partial charge in [-0.05, 0) is 38.8 Å². The van der Waals surface area contributed by atoms with Gasteiger partial charge in [-0.3, -0.25) is 0 Å². The number of para-hydroxylation sites is 1. The van der Waals surface area contributed by atoms with E-state index >= 15 is 0 Å². The maximum Gasteiger partial charge on any atom is 0.142 e. The quantitative estimate of drug-likeness (QED) is 0.778. The SMILES string of the molecule is CNCc1cccc(Cl)c1OCCCC1CCCO1. The van der Waals surface area contributed by atoms with Gasteiger partial charge in [0, 0.05) is 18.7 Å². The Kier molecular flexibility index (Phi) is 5.95. The maximum absolute atomic E-state index is 6.19. The van der Waals surface area contributed by atoms with Crippen molar-refractivity contribution in [2.24, 2.45) is 0 Å². The first-order valence-electron chi connectivity index (χ1n) is 6.97. The van der Waals surface area contributed by atoms with Crippen LogP contribution in [0.1, 0.15) is 31.2 Å². The molecule has 0 aromatic heterocycles. The number of halogens is 1. The van der Waals surface area contributed by atoms with Crippen LogP contribution in [-0.4, -0.2) is 26.4 Å². The predicted octanol–water partition coefficient (Wildman–Crippen LogP) is 3.40. The molecule has 0 radical (unpaired) electrons. The Morgan fingerprint density at radius 2 is 2.37 bits per heavy atom. The second kappa shape index (κ2) is 7.73. The molecule has 0 amide bonds. The molecule has 1 aromatic rings. The van der Waals surface area contributed by atoms with E-state index in [0.29, 0.717) is 17.7 Å². The van der Waals surface area contributed by atoms with Crippen LogP contribution in [0.5, 0.6) is 5.75 Å². The molecule has 2 rings (SSSR count). The molecular formula is C15H22ClNO2. The zero-order valence-corrected chi connectivity index (χ0v) is 12.2. The lowest BCUT2D eigenvalue weighted by Gasteiger charge is -2.14. The maximum atomic E-state index is 6.19. The van der Waals surface area contributed by atoms with Crippen LogP contribution in [0.15, 0.2) is 18.2 Å². The molecule has 0 saturated carbocycles. The van der Waals surface area contributed by atoms with Crippen molar-refractivity contribution < 1.29 is 9.47 Å². The highest BCUT2D eigenvalue weighted by molar-refractivity contribution is 6.32. The van der Waals surface area contributed by atoms with Crippen molar-refractivity contribution in [1.82, 2.24) is 5.32 Å². The first kappa shape index (κ1) is 14.6. The summed E-state index contributed by atoms with van der Waals surface area (Å²) in [7, 11) is 1.92.